The molecule has 1 aliphatic heterocycles. The third kappa shape index (κ3) is 8.88. The number of benzene rings is 1. The summed E-state index contributed by atoms with van der Waals surface area (Å²) in [6, 6.07) is 9.42. The summed E-state index contributed by atoms with van der Waals surface area (Å²) in [5.41, 5.74) is 1.25. The van der Waals surface area contributed by atoms with Crippen molar-refractivity contribution in [1.29, 1.82) is 0 Å². The molecule has 1 unspecified atom stereocenters. The zero-order valence-electron chi connectivity index (χ0n) is 19.7. The first-order chi connectivity index (χ1) is 15.7. The molecule has 1 N–H and O–H groups in total. The minimum Gasteiger partial charge on any atom is -0.469 e. The zero-order chi connectivity index (χ0) is 24.3. The van der Waals surface area contributed by atoms with Gasteiger partial charge in [0.2, 0.25) is 0 Å². The van der Waals surface area contributed by atoms with Gasteiger partial charge in [0, 0.05) is 19.4 Å². The maximum absolute atomic E-state index is 14.1. The lowest BCUT2D eigenvalue weighted by Crippen LogP contribution is -2.36. The van der Waals surface area contributed by atoms with Gasteiger partial charge in [0.05, 0.1) is 19.3 Å². The van der Waals surface area contributed by atoms with Crippen LogP contribution in [0.1, 0.15) is 63.9 Å². The lowest BCUT2D eigenvalue weighted by Gasteiger charge is -2.22. The Morgan fingerprint density at radius 3 is 2.61 bits per heavy atom. The Kier molecular flexibility index (Phi) is 11.0. The van der Waals surface area contributed by atoms with Crippen molar-refractivity contribution < 1.29 is 28.2 Å². The summed E-state index contributed by atoms with van der Waals surface area (Å²) < 4.78 is 32.7. The van der Waals surface area contributed by atoms with E-state index in [4.69, 9.17) is 0 Å². The smallest absolute Gasteiger partial charge is 0.327 e. The van der Waals surface area contributed by atoms with Crippen LogP contribution in [0.3, 0.4) is 0 Å². The topological polar surface area (TPSA) is 66.8 Å². The largest absolute Gasteiger partial charge is 0.469 e. The summed E-state index contributed by atoms with van der Waals surface area (Å²) >= 11 is 0. The summed E-state index contributed by atoms with van der Waals surface area (Å²) in [5.74, 6) is -4.78. The lowest BCUT2D eigenvalue weighted by atomic mass is 9.95. The van der Waals surface area contributed by atoms with Gasteiger partial charge in [-0.3, -0.25) is 9.59 Å². The van der Waals surface area contributed by atoms with Gasteiger partial charge in [-0.05, 0) is 43.6 Å². The van der Waals surface area contributed by atoms with Gasteiger partial charge < -0.3 is 14.7 Å². The fourth-order valence-electron chi connectivity index (χ4n) is 4.14. The number of carbonyl (C=O) groups is 2. The molecule has 1 heterocycles. The average molecular weight is 466 g/mol. The first kappa shape index (κ1) is 27.0. The highest BCUT2D eigenvalue weighted by Gasteiger charge is 2.52. The number of aryl methyl sites for hydroxylation is 1. The molecule has 5 nitrogen and oxygen atoms in total. The number of ether oxygens (including phenoxy) is 1. The summed E-state index contributed by atoms with van der Waals surface area (Å²) in [4.78, 5) is 24.5. The van der Waals surface area contributed by atoms with Crippen molar-refractivity contribution in [2.24, 2.45) is 5.92 Å². The van der Waals surface area contributed by atoms with Gasteiger partial charge in [0.1, 0.15) is 0 Å². The molecule has 33 heavy (non-hydrogen) atoms. The Morgan fingerprint density at radius 1 is 1.21 bits per heavy atom. The van der Waals surface area contributed by atoms with Crippen molar-refractivity contribution >= 4 is 11.9 Å². The highest BCUT2D eigenvalue weighted by atomic mass is 19.3. The number of carbonyl (C=O) groups excluding carboxylic acids is 2. The third-order valence-corrected chi connectivity index (χ3v) is 6.28. The van der Waals surface area contributed by atoms with Crippen LogP contribution in [0, 0.1) is 5.92 Å². The number of hydrogen-bond donors (Lipinski definition) is 1. The second kappa shape index (κ2) is 13.4. The number of methoxy groups -OCH3 is 1. The maximum atomic E-state index is 14.1. The van der Waals surface area contributed by atoms with Gasteiger partial charge in [-0.25, -0.2) is 0 Å². The Balaban J connectivity index is 1.79. The Hall–Kier alpha value is -2.28. The van der Waals surface area contributed by atoms with E-state index in [0.29, 0.717) is 19.3 Å². The van der Waals surface area contributed by atoms with Gasteiger partial charge in [0.15, 0.2) is 0 Å². The molecule has 0 bridgehead atoms. The molecule has 0 radical (unpaired) electrons. The molecule has 0 saturated carbocycles. The predicted octanol–water partition coefficient (Wildman–Crippen LogP) is 4.92. The number of hydrogen-bond acceptors (Lipinski definition) is 4. The van der Waals surface area contributed by atoms with Crippen LogP contribution in [0.2, 0.25) is 0 Å². The molecule has 1 aliphatic rings. The van der Waals surface area contributed by atoms with Gasteiger partial charge in [-0.15, -0.1) is 0 Å². The standard InChI is InChI=1S/C26H37F2NO4/c1-20(11-10-14-21-12-6-5-7-13-21)23(30)17-16-22-19-26(27,28)25(32)29(22)18-9-4-3-8-15-24(31)33-2/h5-7,12-13,16-17,20,22-23,30H,3-4,8-11,14-15,18-19H2,1-2H3/t20?,22-,23-/m0/s1. The van der Waals surface area contributed by atoms with Crippen molar-refractivity contribution in [2.75, 3.05) is 13.7 Å². The summed E-state index contributed by atoms with van der Waals surface area (Å²) in [7, 11) is 1.34. The van der Waals surface area contributed by atoms with Crippen LogP contribution in [-0.4, -0.2) is 53.6 Å². The Bertz CT molecular complexity index is 769. The van der Waals surface area contributed by atoms with E-state index >= 15 is 0 Å². The normalized spacial score (nSPS) is 19.7. The highest BCUT2D eigenvalue weighted by molar-refractivity contribution is 5.86. The van der Waals surface area contributed by atoms with Crippen LogP contribution >= 0.6 is 0 Å². The van der Waals surface area contributed by atoms with Gasteiger partial charge >= 0.3 is 11.9 Å². The fourth-order valence-corrected chi connectivity index (χ4v) is 4.14. The van der Waals surface area contributed by atoms with Crippen LogP contribution in [0.4, 0.5) is 8.78 Å². The van der Waals surface area contributed by atoms with Crippen LogP contribution in [-0.2, 0) is 20.7 Å². The SMILES string of the molecule is COC(=O)CCCCCCN1C(=O)C(F)(F)C[C@@H]1C=C[C@H](O)C(C)CCCc1ccccc1. The second-order valence-corrected chi connectivity index (χ2v) is 8.95. The Morgan fingerprint density at radius 2 is 1.91 bits per heavy atom. The van der Waals surface area contributed by atoms with E-state index < -0.39 is 30.4 Å². The van der Waals surface area contributed by atoms with Crippen molar-refractivity contribution in [2.45, 2.75) is 82.8 Å². The van der Waals surface area contributed by atoms with Crippen molar-refractivity contribution in [3.05, 3.63) is 48.0 Å². The first-order valence-electron chi connectivity index (χ1n) is 11.9. The van der Waals surface area contributed by atoms with Crippen molar-refractivity contribution in [3.63, 3.8) is 0 Å². The van der Waals surface area contributed by atoms with E-state index in [9.17, 15) is 23.5 Å². The number of rotatable bonds is 14. The quantitative estimate of drug-likeness (QED) is 0.241. The molecule has 2 rings (SSSR count). The summed E-state index contributed by atoms with van der Waals surface area (Å²) in [6.07, 6.45) is 7.61. The summed E-state index contributed by atoms with van der Waals surface area (Å²) in [5, 5.41) is 10.5. The first-order valence-corrected chi connectivity index (χ1v) is 11.9. The molecule has 1 fully saturated rings. The molecule has 1 aromatic rings. The predicted molar refractivity (Wildman–Crippen MR) is 124 cm³/mol. The van der Waals surface area contributed by atoms with Gasteiger partial charge in [-0.2, -0.15) is 8.78 Å². The molecular formula is C26H37F2NO4. The van der Waals surface area contributed by atoms with Crippen molar-refractivity contribution in [1.82, 2.24) is 4.90 Å². The number of esters is 1. The number of halogens is 2. The zero-order valence-corrected chi connectivity index (χ0v) is 19.7. The number of aliphatic hydroxyl groups is 1. The minimum atomic E-state index is -3.37. The molecule has 0 aromatic heterocycles. The van der Waals surface area contributed by atoms with Crippen LogP contribution in [0.25, 0.3) is 0 Å². The van der Waals surface area contributed by atoms with E-state index in [1.165, 1.54) is 17.6 Å². The number of aliphatic hydroxyl groups excluding tert-OH is 1. The lowest BCUT2D eigenvalue weighted by molar-refractivity contribution is -0.148. The number of likely N-dealkylation sites (tertiary alicyclic amines) is 1. The van der Waals surface area contributed by atoms with E-state index in [-0.39, 0.29) is 18.4 Å². The third-order valence-electron chi connectivity index (χ3n) is 6.28. The second-order valence-electron chi connectivity index (χ2n) is 8.95. The minimum absolute atomic E-state index is 0.00848. The van der Waals surface area contributed by atoms with E-state index in [0.717, 1.165) is 32.1 Å². The molecule has 1 aromatic carbocycles. The molecule has 184 valence electrons. The molecule has 1 saturated heterocycles. The maximum Gasteiger partial charge on any atom is 0.327 e. The van der Waals surface area contributed by atoms with E-state index in [1.807, 2.05) is 25.1 Å². The molecule has 7 heteroatoms. The highest BCUT2D eigenvalue weighted by Crippen LogP contribution is 2.34. The van der Waals surface area contributed by atoms with Gasteiger partial charge in [-0.1, -0.05) is 62.2 Å². The molecule has 1 amide bonds. The Labute approximate surface area is 195 Å². The van der Waals surface area contributed by atoms with Crippen LogP contribution in [0.15, 0.2) is 42.5 Å². The van der Waals surface area contributed by atoms with Gasteiger partial charge in [0.25, 0.3) is 5.91 Å². The van der Waals surface area contributed by atoms with Crippen LogP contribution < -0.4 is 0 Å². The number of alkyl halides is 2. The monoisotopic (exact) mass is 465 g/mol. The molecule has 3 atom stereocenters. The average Bonchev–Trinajstić information content (AvgIpc) is 3.02. The van der Waals surface area contributed by atoms with E-state index in [2.05, 4.69) is 16.9 Å². The van der Waals surface area contributed by atoms with Crippen LogP contribution in [0.5, 0.6) is 0 Å². The fraction of sp³-hybridized carbons (Fsp3) is 0.615. The van der Waals surface area contributed by atoms with E-state index in [1.54, 1.807) is 12.2 Å². The molecule has 0 aliphatic carbocycles. The molecule has 0 spiro atoms. The number of nitrogens with zero attached hydrogens (tertiary/aromatic N) is 1. The number of unbranched alkanes of at least 4 members (excludes halogenated alkanes) is 3. The number of amides is 1. The molecular weight excluding hydrogens is 428 g/mol. The summed E-state index contributed by atoms with van der Waals surface area (Å²) in [6.45, 7) is 2.19. The van der Waals surface area contributed by atoms with Crippen molar-refractivity contribution in [3.8, 4) is 0 Å².